The Kier molecular flexibility index (Phi) is 10.5. The smallest absolute Gasteiger partial charge is 0.420 e. The highest BCUT2D eigenvalue weighted by Crippen LogP contribution is 2.39. The van der Waals surface area contributed by atoms with Crippen molar-refractivity contribution in [1.82, 2.24) is 14.4 Å². The molecule has 0 spiro atoms. The van der Waals surface area contributed by atoms with Gasteiger partial charge in [0.2, 0.25) is 0 Å². The van der Waals surface area contributed by atoms with Crippen molar-refractivity contribution in [3.63, 3.8) is 0 Å². The van der Waals surface area contributed by atoms with Crippen molar-refractivity contribution >= 4 is 27.8 Å². The topological polar surface area (TPSA) is 75.2 Å². The molecule has 1 aromatic carbocycles. The Morgan fingerprint density at radius 1 is 1.08 bits per heavy atom. The number of anilines is 2. The number of fused-ring (bicyclic) bond motifs is 1. The molecule has 0 aliphatic rings. The lowest BCUT2D eigenvalue weighted by atomic mass is 10.1. The van der Waals surface area contributed by atoms with Crippen LogP contribution < -0.4 is 10.1 Å². The number of nitriles is 1. The fraction of sp³-hybridized carbons (Fsp3) is 0.393. The summed E-state index contributed by atoms with van der Waals surface area (Å²) in [7, 11) is 0. The van der Waals surface area contributed by atoms with Crippen LogP contribution in [-0.2, 0) is 6.18 Å². The van der Waals surface area contributed by atoms with E-state index >= 15 is 0 Å². The molecule has 0 saturated heterocycles. The van der Waals surface area contributed by atoms with Crippen molar-refractivity contribution in [2.45, 2.75) is 65.5 Å². The molecular weight excluding hydrogens is 511 g/mol. The summed E-state index contributed by atoms with van der Waals surface area (Å²) < 4.78 is 48.4. The van der Waals surface area contributed by atoms with Crippen LogP contribution in [0.25, 0.3) is 17.0 Å². The molecule has 10 heteroatoms. The van der Waals surface area contributed by atoms with Gasteiger partial charge in [0.25, 0.3) is 0 Å². The average Bonchev–Trinajstić information content (AvgIpc) is 3.55. The van der Waals surface area contributed by atoms with Gasteiger partial charge in [0.15, 0.2) is 5.13 Å². The van der Waals surface area contributed by atoms with E-state index in [9.17, 15) is 13.2 Å². The normalized spacial score (nSPS) is 11.1. The van der Waals surface area contributed by atoms with Gasteiger partial charge < -0.3 is 10.1 Å². The molecule has 0 atom stereocenters. The van der Waals surface area contributed by atoms with Gasteiger partial charge in [-0.3, -0.25) is 4.40 Å². The number of ether oxygens (including phenoxy) is 1. The summed E-state index contributed by atoms with van der Waals surface area (Å²) in [6.07, 6.45) is 4.97. The predicted molar refractivity (Wildman–Crippen MR) is 146 cm³/mol. The van der Waals surface area contributed by atoms with Gasteiger partial charge >= 0.3 is 6.18 Å². The lowest BCUT2D eigenvalue weighted by Gasteiger charge is -2.15. The predicted octanol–water partition coefficient (Wildman–Crippen LogP) is 8.86. The highest BCUT2D eigenvalue weighted by molar-refractivity contribution is 7.14. The molecule has 0 aliphatic carbocycles. The van der Waals surface area contributed by atoms with Crippen LogP contribution in [0.1, 0.15) is 70.4 Å². The van der Waals surface area contributed by atoms with Crippen molar-refractivity contribution in [3.05, 3.63) is 59.2 Å². The highest BCUT2D eigenvalue weighted by atomic mass is 32.1. The Hall–Kier alpha value is -3.58. The third kappa shape index (κ3) is 7.48. The lowest BCUT2D eigenvalue weighted by molar-refractivity contribution is -0.138. The van der Waals surface area contributed by atoms with Gasteiger partial charge in [-0.1, -0.05) is 52.9 Å². The van der Waals surface area contributed by atoms with Crippen molar-refractivity contribution in [3.8, 4) is 23.2 Å². The Balaban J connectivity index is 0.00000195. The summed E-state index contributed by atoms with van der Waals surface area (Å²) in [5, 5.41) is 14.4. The zero-order valence-electron chi connectivity index (χ0n) is 21.8. The van der Waals surface area contributed by atoms with E-state index in [1.54, 1.807) is 40.4 Å². The minimum Gasteiger partial charge on any atom is -0.493 e. The molecule has 6 nitrogen and oxygen atoms in total. The average molecular weight is 544 g/mol. The number of unbranched alkanes of at least 4 members (excludes halogenated alkanes) is 5. The number of benzene rings is 1. The van der Waals surface area contributed by atoms with Gasteiger partial charge in [0, 0.05) is 17.3 Å². The quantitative estimate of drug-likeness (QED) is 0.191. The number of imidazole rings is 1. The third-order valence-corrected chi connectivity index (χ3v) is 6.45. The van der Waals surface area contributed by atoms with Crippen LogP contribution in [0.2, 0.25) is 0 Å². The van der Waals surface area contributed by atoms with Crippen LogP contribution in [0.15, 0.2) is 48.1 Å². The largest absolute Gasteiger partial charge is 0.493 e. The van der Waals surface area contributed by atoms with Crippen molar-refractivity contribution in [1.29, 1.82) is 5.26 Å². The molecular formula is C28H32F3N5OS. The Morgan fingerprint density at radius 2 is 1.84 bits per heavy atom. The van der Waals surface area contributed by atoms with E-state index in [1.165, 1.54) is 23.8 Å². The van der Waals surface area contributed by atoms with E-state index in [4.69, 9.17) is 10.00 Å². The van der Waals surface area contributed by atoms with Crippen LogP contribution in [-0.4, -0.2) is 21.0 Å². The Morgan fingerprint density at radius 3 is 2.58 bits per heavy atom. The third-order valence-electron chi connectivity index (χ3n) is 5.69. The van der Waals surface area contributed by atoms with Crippen LogP contribution in [0, 0.1) is 11.3 Å². The second-order valence-electron chi connectivity index (χ2n) is 8.39. The molecule has 202 valence electrons. The van der Waals surface area contributed by atoms with Crippen molar-refractivity contribution in [2.24, 2.45) is 0 Å². The number of hydrogen-bond donors (Lipinski definition) is 1. The SMILES string of the molecule is CC.CCCCCCCCOc1ccc(Nc2nc(-c3cnc4ccc(C#N)cn34)cs2)cc1C(F)(F)F. The number of aromatic nitrogens is 3. The zero-order valence-corrected chi connectivity index (χ0v) is 22.6. The standard InChI is InChI=1S/C26H26F3N5OS.C2H6/c1-2-3-4-5-6-7-12-35-23-10-9-19(13-20(23)26(27,28)29)32-25-33-21(17-36-25)22-15-31-24-11-8-18(14-30)16-34(22)24;1-2/h8-11,13,15-17H,2-7,12H2,1H3,(H,32,33);1-2H3. The van der Waals surface area contributed by atoms with Gasteiger partial charge in [0.05, 0.1) is 29.6 Å². The number of rotatable bonds is 11. The van der Waals surface area contributed by atoms with Gasteiger partial charge in [-0.15, -0.1) is 11.3 Å². The van der Waals surface area contributed by atoms with E-state index in [0.717, 1.165) is 38.2 Å². The molecule has 4 aromatic rings. The Labute approximate surface area is 225 Å². The Bertz CT molecular complexity index is 1360. The first-order chi connectivity index (χ1) is 18.4. The fourth-order valence-electron chi connectivity index (χ4n) is 3.83. The number of hydrogen-bond acceptors (Lipinski definition) is 6. The van der Waals surface area contributed by atoms with Gasteiger partial charge in [-0.2, -0.15) is 18.4 Å². The summed E-state index contributed by atoms with van der Waals surface area (Å²) in [5.74, 6) is -0.166. The molecule has 0 bridgehead atoms. The first-order valence-corrected chi connectivity index (χ1v) is 13.7. The maximum atomic E-state index is 13.7. The van der Waals surface area contributed by atoms with Gasteiger partial charge in [-0.25, -0.2) is 9.97 Å². The monoisotopic (exact) mass is 543 g/mol. The first kappa shape index (κ1) is 29.0. The first-order valence-electron chi connectivity index (χ1n) is 12.8. The minimum absolute atomic E-state index is 0.166. The maximum Gasteiger partial charge on any atom is 0.420 e. The zero-order chi connectivity index (χ0) is 27.5. The number of nitrogens with zero attached hydrogens (tertiary/aromatic N) is 4. The molecule has 38 heavy (non-hydrogen) atoms. The van der Waals surface area contributed by atoms with Gasteiger partial charge in [0.1, 0.15) is 23.2 Å². The van der Waals surface area contributed by atoms with Crippen LogP contribution >= 0.6 is 11.3 Å². The summed E-state index contributed by atoms with van der Waals surface area (Å²) >= 11 is 1.26. The molecule has 0 unspecified atom stereocenters. The van der Waals surface area contributed by atoms with Gasteiger partial charge in [-0.05, 0) is 36.8 Å². The second-order valence-corrected chi connectivity index (χ2v) is 9.25. The summed E-state index contributed by atoms with van der Waals surface area (Å²) in [6, 6.07) is 9.47. The number of nitrogens with one attached hydrogen (secondary N) is 1. The molecule has 3 aromatic heterocycles. The van der Waals surface area contributed by atoms with Crippen molar-refractivity contribution < 1.29 is 17.9 Å². The van der Waals surface area contributed by atoms with Crippen LogP contribution in [0.5, 0.6) is 5.75 Å². The summed E-state index contributed by atoms with van der Waals surface area (Å²) in [6.45, 7) is 6.39. The molecule has 0 saturated carbocycles. The number of pyridine rings is 1. The van der Waals surface area contributed by atoms with Crippen molar-refractivity contribution in [2.75, 3.05) is 11.9 Å². The molecule has 3 heterocycles. The van der Waals surface area contributed by atoms with E-state index in [1.807, 2.05) is 13.8 Å². The molecule has 0 amide bonds. The highest BCUT2D eigenvalue weighted by Gasteiger charge is 2.34. The van der Waals surface area contributed by atoms with E-state index < -0.39 is 11.7 Å². The number of alkyl halides is 3. The maximum absolute atomic E-state index is 13.7. The molecule has 4 rings (SSSR count). The number of thiazole rings is 1. The van der Waals surface area contributed by atoms with E-state index in [2.05, 4.69) is 28.3 Å². The van der Waals surface area contributed by atoms with E-state index in [0.29, 0.717) is 27.7 Å². The summed E-state index contributed by atoms with van der Waals surface area (Å²) in [4.78, 5) is 8.83. The fourth-order valence-corrected chi connectivity index (χ4v) is 4.55. The van der Waals surface area contributed by atoms with Crippen LogP contribution in [0.3, 0.4) is 0 Å². The van der Waals surface area contributed by atoms with E-state index in [-0.39, 0.29) is 18.0 Å². The number of halogens is 3. The lowest BCUT2D eigenvalue weighted by Crippen LogP contribution is -2.10. The second kappa shape index (κ2) is 13.8. The molecule has 1 N–H and O–H groups in total. The van der Waals surface area contributed by atoms with Crippen LogP contribution in [0.4, 0.5) is 24.0 Å². The molecule has 0 aliphatic heterocycles. The minimum atomic E-state index is -4.54. The molecule has 0 radical (unpaired) electrons. The molecule has 0 fully saturated rings. The summed E-state index contributed by atoms with van der Waals surface area (Å²) in [5.41, 5.74) is 1.87.